The first-order chi connectivity index (χ1) is 12.5. The molecule has 1 fully saturated rings. The fraction of sp³-hybridized carbons (Fsp3) is 0.500. The van der Waals surface area contributed by atoms with Gasteiger partial charge in [-0.2, -0.15) is 0 Å². The van der Waals surface area contributed by atoms with E-state index in [0.717, 1.165) is 36.3 Å². The van der Waals surface area contributed by atoms with Crippen molar-refractivity contribution < 1.29 is 0 Å². The number of hydrogen-bond acceptors (Lipinski definition) is 4. The minimum Gasteiger partial charge on any atom is -0.369 e. The molecule has 0 saturated carbocycles. The highest BCUT2D eigenvalue weighted by atomic mass is 127. The van der Waals surface area contributed by atoms with Crippen LogP contribution in [-0.2, 0) is 6.54 Å². The lowest BCUT2D eigenvalue weighted by Gasteiger charge is -2.35. The average molecular weight is 499 g/mol. The van der Waals surface area contributed by atoms with Crippen molar-refractivity contribution in [3.63, 3.8) is 0 Å². The third kappa shape index (κ3) is 6.07. The summed E-state index contributed by atoms with van der Waals surface area (Å²) < 4.78 is 0. The summed E-state index contributed by atoms with van der Waals surface area (Å²) in [5.41, 5.74) is 3.72. The summed E-state index contributed by atoms with van der Waals surface area (Å²) in [5, 5.41) is 8.15. The lowest BCUT2D eigenvalue weighted by molar-refractivity contribution is 0.468. The zero-order valence-corrected chi connectivity index (χ0v) is 19.7. The van der Waals surface area contributed by atoms with Crippen LogP contribution in [0.15, 0.2) is 29.3 Å². The lowest BCUT2D eigenvalue weighted by Crippen LogP contribution is -2.51. The number of nitrogens with zero attached hydrogens (tertiary/aromatic N) is 3. The quantitative estimate of drug-likeness (QED) is 0.379. The minimum atomic E-state index is 0. The molecule has 1 atom stereocenters. The number of aromatic nitrogens is 1. The second kappa shape index (κ2) is 10.3. The number of rotatable bonds is 4. The largest absolute Gasteiger partial charge is 0.369 e. The van der Waals surface area contributed by atoms with Gasteiger partial charge in [0.25, 0.3) is 0 Å². The number of piperidine rings is 1. The molecule has 2 heterocycles. The Morgan fingerprint density at radius 3 is 2.63 bits per heavy atom. The van der Waals surface area contributed by atoms with E-state index >= 15 is 0 Å². The predicted molar refractivity (Wildman–Crippen MR) is 127 cm³/mol. The maximum Gasteiger partial charge on any atom is 0.191 e. The van der Waals surface area contributed by atoms with Crippen LogP contribution in [-0.4, -0.2) is 37.1 Å². The first-order valence-electron chi connectivity index (χ1n) is 9.27. The molecule has 1 aromatic heterocycles. The maximum atomic E-state index is 4.49. The van der Waals surface area contributed by atoms with Crippen molar-refractivity contribution in [2.24, 2.45) is 4.99 Å². The molecule has 2 N–H and O–H groups in total. The molecule has 0 bridgehead atoms. The van der Waals surface area contributed by atoms with Gasteiger partial charge >= 0.3 is 0 Å². The summed E-state index contributed by atoms with van der Waals surface area (Å²) in [7, 11) is 1.83. The smallest absolute Gasteiger partial charge is 0.191 e. The molecule has 1 aromatic carbocycles. The van der Waals surface area contributed by atoms with Gasteiger partial charge in [0, 0.05) is 36.7 Å². The van der Waals surface area contributed by atoms with E-state index < -0.39 is 0 Å². The third-order valence-electron chi connectivity index (χ3n) is 4.80. The van der Waals surface area contributed by atoms with Crippen LogP contribution in [0.4, 0.5) is 5.69 Å². The molecular formula is C20H30IN5S. The highest BCUT2D eigenvalue weighted by Gasteiger charge is 2.21. The van der Waals surface area contributed by atoms with Gasteiger partial charge in [-0.15, -0.1) is 35.3 Å². The standard InChI is InChI=1S/C20H29N5S.HI/c1-14-7-9-18(10-8-14)25-11-5-6-17(13-25)24-20(21-4)22-12-19-15(2)23-16(3)26-19;/h7-10,17H,5-6,11-13H2,1-4H3,(H2,21,22,24);1H. The van der Waals surface area contributed by atoms with Crippen LogP contribution in [0.3, 0.4) is 0 Å². The summed E-state index contributed by atoms with van der Waals surface area (Å²) in [6.07, 6.45) is 2.36. The first-order valence-corrected chi connectivity index (χ1v) is 10.1. The summed E-state index contributed by atoms with van der Waals surface area (Å²) in [4.78, 5) is 12.6. The second-order valence-corrected chi connectivity index (χ2v) is 8.22. The highest BCUT2D eigenvalue weighted by molar-refractivity contribution is 14.0. The van der Waals surface area contributed by atoms with Gasteiger partial charge in [-0.1, -0.05) is 17.7 Å². The molecule has 7 heteroatoms. The number of benzene rings is 1. The molecule has 3 rings (SSSR count). The van der Waals surface area contributed by atoms with Crippen LogP contribution in [0, 0.1) is 20.8 Å². The van der Waals surface area contributed by atoms with E-state index in [9.17, 15) is 0 Å². The van der Waals surface area contributed by atoms with Crippen LogP contribution in [0.2, 0.25) is 0 Å². The van der Waals surface area contributed by atoms with Crippen LogP contribution in [0.5, 0.6) is 0 Å². The van der Waals surface area contributed by atoms with E-state index in [-0.39, 0.29) is 24.0 Å². The van der Waals surface area contributed by atoms with Crippen LogP contribution in [0.1, 0.15) is 34.0 Å². The van der Waals surface area contributed by atoms with Crippen LogP contribution < -0.4 is 15.5 Å². The zero-order valence-electron chi connectivity index (χ0n) is 16.6. The Morgan fingerprint density at radius 1 is 1.26 bits per heavy atom. The number of nitrogens with one attached hydrogen (secondary N) is 2. The van der Waals surface area contributed by atoms with Crippen LogP contribution >= 0.6 is 35.3 Å². The van der Waals surface area contributed by atoms with E-state index in [1.165, 1.54) is 29.0 Å². The Balaban J connectivity index is 0.00000261. The van der Waals surface area contributed by atoms with Gasteiger partial charge in [-0.3, -0.25) is 4.99 Å². The van der Waals surface area contributed by atoms with E-state index in [1.54, 1.807) is 11.3 Å². The molecule has 1 aliphatic rings. The molecule has 27 heavy (non-hydrogen) atoms. The number of hydrogen-bond donors (Lipinski definition) is 2. The van der Waals surface area contributed by atoms with Gasteiger partial charge in [0.05, 0.1) is 17.2 Å². The average Bonchev–Trinajstić information content (AvgIpc) is 2.96. The van der Waals surface area contributed by atoms with E-state index in [4.69, 9.17) is 0 Å². The monoisotopic (exact) mass is 499 g/mol. The number of halogens is 1. The number of guanidine groups is 1. The number of aliphatic imine (C=N–C) groups is 1. The minimum absolute atomic E-state index is 0. The Labute approximate surface area is 183 Å². The topological polar surface area (TPSA) is 52.6 Å². The second-order valence-electron chi connectivity index (χ2n) is 6.93. The van der Waals surface area contributed by atoms with Crippen molar-refractivity contribution in [1.82, 2.24) is 15.6 Å². The lowest BCUT2D eigenvalue weighted by atomic mass is 10.0. The number of anilines is 1. The molecule has 0 amide bonds. The van der Waals surface area contributed by atoms with Crippen molar-refractivity contribution in [1.29, 1.82) is 0 Å². The van der Waals surface area contributed by atoms with E-state index in [2.05, 4.69) is 70.5 Å². The van der Waals surface area contributed by atoms with Crippen molar-refractivity contribution in [2.75, 3.05) is 25.0 Å². The van der Waals surface area contributed by atoms with Crippen molar-refractivity contribution in [3.8, 4) is 0 Å². The van der Waals surface area contributed by atoms with Crippen molar-refractivity contribution >= 4 is 47.0 Å². The molecule has 1 unspecified atom stereocenters. The maximum absolute atomic E-state index is 4.49. The predicted octanol–water partition coefficient (Wildman–Crippen LogP) is 4.02. The normalized spacial score (nSPS) is 17.4. The summed E-state index contributed by atoms with van der Waals surface area (Å²) >= 11 is 1.75. The Kier molecular flexibility index (Phi) is 8.34. The van der Waals surface area contributed by atoms with Gasteiger partial charge < -0.3 is 15.5 Å². The Morgan fingerprint density at radius 2 is 2.00 bits per heavy atom. The SMILES string of the molecule is CN=C(NCc1sc(C)nc1C)NC1CCCN(c2ccc(C)cc2)C1.I. The Hall–Kier alpha value is -1.35. The van der Waals surface area contributed by atoms with Crippen molar-refractivity contribution in [3.05, 3.63) is 45.4 Å². The highest BCUT2D eigenvalue weighted by Crippen LogP contribution is 2.20. The van der Waals surface area contributed by atoms with Gasteiger partial charge in [-0.25, -0.2) is 4.98 Å². The third-order valence-corrected chi connectivity index (χ3v) is 5.87. The zero-order chi connectivity index (χ0) is 18.5. The molecule has 0 aliphatic carbocycles. The molecule has 2 aromatic rings. The van der Waals surface area contributed by atoms with Gasteiger partial charge in [0.15, 0.2) is 5.96 Å². The van der Waals surface area contributed by atoms with Crippen LogP contribution in [0.25, 0.3) is 0 Å². The summed E-state index contributed by atoms with van der Waals surface area (Å²) in [6, 6.07) is 9.22. The fourth-order valence-electron chi connectivity index (χ4n) is 3.37. The van der Waals surface area contributed by atoms with Gasteiger partial charge in [-0.05, 0) is 45.7 Å². The number of aryl methyl sites for hydroxylation is 3. The molecule has 5 nitrogen and oxygen atoms in total. The molecule has 1 aliphatic heterocycles. The van der Waals surface area contributed by atoms with E-state index in [1.807, 2.05) is 7.05 Å². The van der Waals surface area contributed by atoms with Gasteiger partial charge in [0.2, 0.25) is 0 Å². The molecular weight excluding hydrogens is 469 g/mol. The Bertz CT molecular complexity index is 756. The molecule has 148 valence electrons. The fourth-order valence-corrected chi connectivity index (χ4v) is 4.25. The number of thiazole rings is 1. The molecule has 0 radical (unpaired) electrons. The first kappa shape index (κ1) is 21.9. The molecule has 0 spiro atoms. The van der Waals surface area contributed by atoms with Gasteiger partial charge in [0.1, 0.15) is 0 Å². The van der Waals surface area contributed by atoms with Crippen molar-refractivity contribution in [2.45, 2.75) is 46.2 Å². The summed E-state index contributed by atoms with van der Waals surface area (Å²) in [5.74, 6) is 0.867. The summed E-state index contributed by atoms with van der Waals surface area (Å²) in [6.45, 7) is 9.14. The molecule has 1 saturated heterocycles. The van der Waals surface area contributed by atoms with E-state index in [0.29, 0.717) is 6.04 Å².